The predicted molar refractivity (Wildman–Crippen MR) is 79.4 cm³/mol. The number of hydrogen-bond donors (Lipinski definition) is 2. The number of amides is 1. The second-order valence-electron chi connectivity index (χ2n) is 5.51. The number of ether oxygens (including phenoxy) is 1. The lowest BCUT2D eigenvalue weighted by molar-refractivity contribution is -0.126. The van der Waals surface area contributed by atoms with Crippen LogP contribution in [-0.4, -0.2) is 19.6 Å². The molecule has 0 radical (unpaired) electrons. The third-order valence-electron chi connectivity index (χ3n) is 4.26. The van der Waals surface area contributed by atoms with E-state index >= 15 is 0 Å². The zero-order valence-electron chi connectivity index (χ0n) is 12.3. The summed E-state index contributed by atoms with van der Waals surface area (Å²) in [7, 11) is 1.65. The maximum Gasteiger partial charge on any atom is 0.223 e. The van der Waals surface area contributed by atoms with Crippen molar-refractivity contribution in [3.05, 3.63) is 29.8 Å². The molecule has 20 heavy (non-hydrogen) atoms. The van der Waals surface area contributed by atoms with Crippen LogP contribution in [-0.2, 0) is 4.79 Å². The summed E-state index contributed by atoms with van der Waals surface area (Å²) in [5.74, 6) is 1.33. The van der Waals surface area contributed by atoms with Gasteiger partial charge in [0, 0.05) is 11.5 Å². The number of nitrogens with one attached hydrogen (secondary N) is 1. The quantitative estimate of drug-likeness (QED) is 0.867. The Morgan fingerprint density at radius 3 is 2.90 bits per heavy atom. The number of nitrogens with two attached hydrogens (primary N) is 1. The van der Waals surface area contributed by atoms with Crippen LogP contribution in [0.1, 0.15) is 37.8 Å². The fraction of sp³-hybridized carbons (Fsp3) is 0.562. The van der Waals surface area contributed by atoms with Gasteiger partial charge in [-0.05, 0) is 38.3 Å². The van der Waals surface area contributed by atoms with Crippen molar-refractivity contribution < 1.29 is 9.53 Å². The highest BCUT2D eigenvalue weighted by molar-refractivity contribution is 5.79. The summed E-state index contributed by atoms with van der Waals surface area (Å²) < 4.78 is 5.34. The molecule has 1 aromatic rings. The van der Waals surface area contributed by atoms with Crippen molar-refractivity contribution in [3.8, 4) is 5.75 Å². The van der Waals surface area contributed by atoms with Crippen LogP contribution < -0.4 is 15.8 Å². The Balaban J connectivity index is 2.03. The van der Waals surface area contributed by atoms with E-state index in [9.17, 15) is 4.79 Å². The Morgan fingerprint density at radius 2 is 2.20 bits per heavy atom. The van der Waals surface area contributed by atoms with Gasteiger partial charge < -0.3 is 15.8 Å². The number of rotatable bonds is 5. The second kappa shape index (κ2) is 6.75. The van der Waals surface area contributed by atoms with E-state index < -0.39 is 0 Å². The fourth-order valence-corrected chi connectivity index (χ4v) is 3.09. The highest BCUT2D eigenvalue weighted by atomic mass is 16.5. The molecular weight excluding hydrogens is 252 g/mol. The van der Waals surface area contributed by atoms with Crippen LogP contribution in [0.2, 0.25) is 0 Å². The lowest BCUT2D eigenvalue weighted by atomic mass is 9.94. The first-order valence-corrected chi connectivity index (χ1v) is 7.30. The summed E-state index contributed by atoms with van der Waals surface area (Å²) in [6.45, 7) is 2.59. The summed E-state index contributed by atoms with van der Waals surface area (Å²) in [4.78, 5) is 12.4. The molecule has 0 bridgehead atoms. The van der Waals surface area contributed by atoms with Crippen LogP contribution >= 0.6 is 0 Å². The van der Waals surface area contributed by atoms with Gasteiger partial charge in [-0.2, -0.15) is 0 Å². The van der Waals surface area contributed by atoms with Crippen LogP contribution in [0.4, 0.5) is 0 Å². The Labute approximate surface area is 120 Å². The first kappa shape index (κ1) is 14.9. The molecule has 1 saturated carbocycles. The molecule has 3 N–H and O–H groups in total. The minimum absolute atomic E-state index is 0.0577. The average molecular weight is 276 g/mol. The highest BCUT2D eigenvalue weighted by Gasteiger charge is 2.32. The monoisotopic (exact) mass is 276 g/mol. The van der Waals surface area contributed by atoms with Gasteiger partial charge in [-0.15, -0.1) is 0 Å². The molecule has 0 aromatic heterocycles. The molecule has 0 heterocycles. The average Bonchev–Trinajstić information content (AvgIpc) is 2.95. The van der Waals surface area contributed by atoms with Gasteiger partial charge in [0.1, 0.15) is 5.75 Å². The molecule has 3 atom stereocenters. The number of carbonyl (C=O) groups excluding carboxylic acids is 1. The fourth-order valence-electron chi connectivity index (χ4n) is 3.09. The van der Waals surface area contributed by atoms with E-state index in [-0.39, 0.29) is 17.9 Å². The zero-order valence-corrected chi connectivity index (χ0v) is 12.3. The van der Waals surface area contributed by atoms with E-state index in [2.05, 4.69) is 5.32 Å². The van der Waals surface area contributed by atoms with Crippen molar-refractivity contribution in [2.75, 3.05) is 13.7 Å². The van der Waals surface area contributed by atoms with Crippen LogP contribution in [0.3, 0.4) is 0 Å². The van der Waals surface area contributed by atoms with E-state index in [0.29, 0.717) is 12.5 Å². The first-order chi connectivity index (χ1) is 9.67. The molecule has 1 aliphatic rings. The molecule has 4 heteroatoms. The maximum absolute atomic E-state index is 12.4. The molecule has 1 aliphatic carbocycles. The number of para-hydroxylation sites is 1. The topological polar surface area (TPSA) is 64.3 Å². The van der Waals surface area contributed by atoms with Gasteiger partial charge in [-0.25, -0.2) is 0 Å². The second-order valence-corrected chi connectivity index (χ2v) is 5.51. The van der Waals surface area contributed by atoms with Gasteiger partial charge in [0.25, 0.3) is 0 Å². The van der Waals surface area contributed by atoms with Crippen molar-refractivity contribution in [1.29, 1.82) is 0 Å². The summed E-state index contributed by atoms with van der Waals surface area (Å²) in [6, 6.07) is 7.73. The Bertz CT molecular complexity index is 462. The maximum atomic E-state index is 12.4. The summed E-state index contributed by atoms with van der Waals surface area (Å²) >= 11 is 0. The number of methoxy groups -OCH3 is 1. The van der Waals surface area contributed by atoms with Gasteiger partial charge in [0.15, 0.2) is 0 Å². The highest BCUT2D eigenvalue weighted by Crippen LogP contribution is 2.32. The van der Waals surface area contributed by atoms with E-state index in [1.807, 2.05) is 31.2 Å². The number of hydrogen-bond acceptors (Lipinski definition) is 3. The van der Waals surface area contributed by atoms with Gasteiger partial charge in [0.2, 0.25) is 5.91 Å². The van der Waals surface area contributed by atoms with Crippen molar-refractivity contribution >= 4 is 5.91 Å². The molecule has 0 spiro atoms. The molecule has 1 amide bonds. The molecule has 1 fully saturated rings. The summed E-state index contributed by atoms with van der Waals surface area (Å²) in [5, 5.41) is 3.10. The van der Waals surface area contributed by atoms with Crippen LogP contribution in [0.25, 0.3) is 0 Å². The van der Waals surface area contributed by atoms with Crippen molar-refractivity contribution in [2.24, 2.45) is 17.6 Å². The summed E-state index contributed by atoms with van der Waals surface area (Å²) in [5.41, 5.74) is 6.75. The van der Waals surface area contributed by atoms with Gasteiger partial charge in [-0.1, -0.05) is 24.6 Å². The first-order valence-electron chi connectivity index (χ1n) is 7.30. The standard InChI is InChI=1S/C16H24N2O2/c1-11(13-7-3-4-9-15(13)20-2)18-16(19)14-8-5-6-12(14)10-17/h3-4,7,9,11-12,14H,5-6,8,10,17H2,1-2H3,(H,18,19)/t11-,12?,14?/m1/s1. The lowest BCUT2D eigenvalue weighted by Crippen LogP contribution is -2.36. The van der Waals surface area contributed by atoms with Crippen molar-refractivity contribution in [1.82, 2.24) is 5.32 Å². The number of benzene rings is 1. The van der Waals surface area contributed by atoms with Crippen LogP contribution in [0.15, 0.2) is 24.3 Å². The Kier molecular flexibility index (Phi) is 5.01. The molecular formula is C16H24N2O2. The molecule has 4 nitrogen and oxygen atoms in total. The Morgan fingerprint density at radius 1 is 1.45 bits per heavy atom. The normalized spacial score (nSPS) is 23.4. The zero-order chi connectivity index (χ0) is 14.5. The Hall–Kier alpha value is -1.55. The van der Waals surface area contributed by atoms with Gasteiger partial charge >= 0.3 is 0 Å². The van der Waals surface area contributed by atoms with Crippen LogP contribution in [0, 0.1) is 11.8 Å². The number of carbonyl (C=O) groups is 1. The SMILES string of the molecule is COc1ccccc1[C@@H](C)NC(=O)C1CCCC1CN. The van der Waals surface area contributed by atoms with E-state index in [1.165, 1.54) is 0 Å². The van der Waals surface area contributed by atoms with Crippen molar-refractivity contribution in [2.45, 2.75) is 32.2 Å². The van der Waals surface area contributed by atoms with Crippen molar-refractivity contribution in [3.63, 3.8) is 0 Å². The molecule has 2 unspecified atom stereocenters. The smallest absolute Gasteiger partial charge is 0.223 e. The predicted octanol–water partition coefficient (Wildman–Crippen LogP) is 2.25. The van der Waals surface area contributed by atoms with E-state index in [1.54, 1.807) is 7.11 Å². The molecule has 110 valence electrons. The molecule has 0 aliphatic heterocycles. The van der Waals surface area contributed by atoms with Crippen LogP contribution in [0.5, 0.6) is 5.75 Å². The molecule has 1 aromatic carbocycles. The minimum Gasteiger partial charge on any atom is -0.496 e. The van der Waals surface area contributed by atoms with E-state index in [0.717, 1.165) is 30.6 Å². The third-order valence-corrected chi connectivity index (χ3v) is 4.26. The minimum atomic E-state index is -0.0577. The van der Waals surface area contributed by atoms with Gasteiger partial charge in [-0.3, -0.25) is 4.79 Å². The van der Waals surface area contributed by atoms with E-state index in [4.69, 9.17) is 10.5 Å². The van der Waals surface area contributed by atoms with Gasteiger partial charge in [0.05, 0.1) is 13.2 Å². The lowest BCUT2D eigenvalue weighted by Gasteiger charge is -2.22. The third kappa shape index (κ3) is 3.12. The largest absolute Gasteiger partial charge is 0.496 e. The molecule has 0 saturated heterocycles. The molecule has 2 rings (SSSR count). The summed E-state index contributed by atoms with van der Waals surface area (Å²) in [6.07, 6.45) is 3.12.